The summed E-state index contributed by atoms with van der Waals surface area (Å²) in [6.07, 6.45) is 0. The number of Topliss-reactive ketones (excluding diaryl/α,β-unsaturated/α-hetero) is 1. The number of ketones is 1. The first-order valence-corrected chi connectivity index (χ1v) is 4.94. The van der Waals surface area contributed by atoms with Gasteiger partial charge in [-0.2, -0.15) is 0 Å². The molecule has 4 heteroatoms. The van der Waals surface area contributed by atoms with E-state index in [2.05, 4.69) is 4.74 Å². The van der Waals surface area contributed by atoms with Crippen LogP contribution in [0.2, 0.25) is 0 Å². The summed E-state index contributed by atoms with van der Waals surface area (Å²) in [4.78, 5) is 24.2. The number of esters is 1. The van der Waals surface area contributed by atoms with Crippen LogP contribution in [0.25, 0.3) is 0 Å². The van der Waals surface area contributed by atoms with E-state index in [-0.39, 0.29) is 12.3 Å². The van der Waals surface area contributed by atoms with Gasteiger partial charge in [0.2, 0.25) is 0 Å². The Balaban J connectivity index is 3.03. The average Bonchev–Trinajstić information content (AvgIpc) is 2.27. The number of rotatable bonds is 4. The molecule has 0 spiro atoms. The summed E-state index contributed by atoms with van der Waals surface area (Å²) in [5.41, 5.74) is 1.17. The molecule has 1 aromatic carbocycles. The fraction of sp³-hybridized carbons (Fsp3) is 0.333. The first-order chi connectivity index (χ1) is 7.56. The highest BCUT2D eigenvalue weighted by Gasteiger charge is 2.14. The van der Waals surface area contributed by atoms with Crippen LogP contribution in [0.4, 0.5) is 5.69 Å². The summed E-state index contributed by atoms with van der Waals surface area (Å²) in [6, 6.07) is 7.04. The minimum atomic E-state index is -0.397. The Hall–Kier alpha value is -1.84. The Morgan fingerprint density at radius 3 is 2.50 bits per heavy atom. The molecule has 0 saturated carbocycles. The SMILES string of the molecule is COC(=O)c1ccccc1N(C)CC(C)=O. The van der Waals surface area contributed by atoms with Crippen LogP contribution in [0.3, 0.4) is 0 Å². The molecule has 0 fully saturated rings. The highest BCUT2D eigenvalue weighted by atomic mass is 16.5. The molecule has 1 rings (SSSR count). The lowest BCUT2D eigenvalue weighted by molar-refractivity contribution is -0.115. The Bertz CT molecular complexity index is 401. The van der Waals surface area contributed by atoms with Crippen molar-refractivity contribution < 1.29 is 14.3 Å². The molecule has 0 heterocycles. The third kappa shape index (κ3) is 2.82. The molecular formula is C12H15NO3. The molecule has 0 aromatic heterocycles. The van der Waals surface area contributed by atoms with E-state index in [9.17, 15) is 9.59 Å². The molecule has 0 bridgehead atoms. The number of likely N-dealkylation sites (N-methyl/N-ethyl adjacent to an activating group) is 1. The molecule has 0 aliphatic rings. The zero-order valence-electron chi connectivity index (χ0n) is 9.69. The molecule has 0 aliphatic heterocycles. The van der Waals surface area contributed by atoms with Gasteiger partial charge in [0.15, 0.2) is 0 Å². The zero-order chi connectivity index (χ0) is 12.1. The quantitative estimate of drug-likeness (QED) is 0.723. The monoisotopic (exact) mass is 221 g/mol. The molecule has 4 nitrogen and oxygen atoms in total. The number of benzene rings is 1. The predicted octanol–water partition coefficient (Wildman–Crippen LogP) is 1.50. The van der Waals surface area contributed by atoms with Crippen LogP contribution >= 0.6 is 0 Å². The van der Waals surface area contributed by atoms with Crippen LogP contribution in [0, 0.1) is 0 Å². The van der Waals surface area contributed by atoms with Crippen molar-refractivity contribution in [2.24, 2.45) is 0 Å². The fourth-order valence-corrected chi connectivity index (χ4v) is 1.51. The Labute approximate surface area is 94.8 Å². The van der Waals surface area contributed by atoms with Gasteiger partial charge >= 0.3 is 5.97 Å². The van der Waals surface area contributed by atoms with Crippen LogP contribution in [0.5, 0.6) is 0 Å². The van der Waals surface area contributed by atoms with Crippen molar-refractivity contribution in [2.45, 2.75) is 6.92 Å². The number of anilines is 1. The average molecular weight is 221 g/mol. The molecule has 0 N–H and O–H groups in total. The number of hydrogen-bond donors (Lipinski definition) is 0. The molecule has 0 atom stereocenters. The topological polar surface area (TPSA) is 46.6 Å². The second kappa shape index (κ2) is 5.30. The van der Waals surface area contributed by atoms with Crippen LogP contribution in [-0.4, -0.2) is 32.5 Å². The summed E-state index contributed by atoms with van der Waals surface area (Å²) in [7, 11) is 3.10. The number of para-hydroxylation sites is 1. The molecular weight excluding hydrogens is 206 g/mol. The third-order valence-corrected chi connectivity index (χ3v) is 2.18. The van der Waals surface area contributed by atoms with E-state index in [1.165, 1.54) is 14.0 Å². The molecule has 86 valence electrons. The minimum Gasteiger partial charge on any atom is -0.465 e. The number of methoxy groups -OCH3 is 1. The number of nitrogens with zero attached hydrogens (tertiary/aromatic N) is 1. The predicted molar refractivity (Wildman–Crippen MR) is 61.7 cm³/mol. The van der Waals surface area contributed by atoms with E-state index in [0.717, 1.165) is 0 Å². The molecule has 0 amide bonds. The summed E-state index contributed by atoms with van der Waals surface area (Å²) in [6.45, 7) is 1.78. The van der Waals surface area contributed by atoms with Crippen molar-refractivity contribution in [3.8, 4) is 0 Å². The van der Waals surface area contributed by atoms with Crippen molar-refractivity contribution >= 4 is 17.4 Å². The molecule has 0 aliphatic carbocycles. The summed E-state index contributed by atoms with van der Waals surface area (Å²) in [5.74, 6) is -0.354. The van der Waals surface area contributed by atoms with Gasteiger partial charge < -0.3 is 9.64 Å². The van der Waals surface area contributed by atoms with Crippen molar-refractivity contribution in [1.82, 2.24) is 0 Å². The van der Waals surface area contributed by atoms with Crippen LogP contribution in [0.1, 0.15) is 17.3 Å². The second-order valence-corrected chi connectivity index (χ2v) is 3.57. The van der Waals surface area contributed by atoms with Crippen molar-refractivity contribution in [3.63, 3.8) is 0 Å². The maximum Gasteiger partial charge on any atom is 0.339 e. The van der Waals surface area contributed by atoms with Gasteiger partial charge in [0.05, 0.1) is 24.9 Å². The highest BCUT2D eigenvalue weighted by Crippen LogP contribution is 2.19. The smallest absolute Gasteiger partial charge is 0.339 e. The lowest BCUT2D eigenvalue weighted by Crippen LogP contribution is -2.25. The van der Waals surface area contributed by atoms with Gasteiger partial charge in [-0.3, -0.25) is 4.79 Å². The molecule has 0 saturated heterocycles. The van der Waals surface area contributed by atoms with Crippen LogP contribution in [-0.2, 0) is 9.53 Å². The normalized spacial score (nSPS) is 9.69. The van der Waals surface area contributed by atoms with Gasteiger partial charge in [0, 0.05) is 7.05 Å². The molecule has 16 heavy (non-hydrogen) atoms. The van der Waals surface area contributed by atoms with E-state index in [1.54, 1.807) is 30.1 Å². The molecule has 1 aromatic rings. The van der Waals surface area contributed by atoms with Crippen molar-refractivity contribution in [1.29, 1.82) is 0 Å². The summed E-state index contributed by atoms with van der Waals surface area (Å²) >= 11 is 0. The van der Waals surface area contributed by atoms with Crippen molar-refractivity contribution in [2.75, 3.05) is 25.6 Å². The number of ether oxygens (including phenoxy) is 1. The van der Waals surface area contributed by atoms with E-state index in [1.807, 2.05) is 6.07 Å². The minimum absolute atomic E-state index is 0.0437. The Morgan fingerprint density at radius 1 is 1.31 bits per heavy atom. The maximum absolute atomic E-state index is 11.5. The Kier molecular flexibility index (Phi) is 4.05. The molecule has 0 unspecified atom stereocenters. The lowest BCUT2D eigenvalue weighted by Gasteiger charge is -2.19. The van der Waals surface area contributed by atoms with Gasteiger partial charge in [0.1, 0.15) is 5.78 Å². The number of carbonyl (C=O) groups excluding carboxylic acids is 2. The zero-order valence-corrected chi connectivity index (χ0v) is 9.69. The molecule has 0 radical (unpaired) electrons. The fourth-order valence-electron chi connectivity index (χ4n) is 1.51. The largest absolute Gasteiger partial charge is 0.465 e. The highest BCUT2D eigenvalue weighted by molar-refractivity contribution is 5.96. The van der Waals surface area contributed by atoms with Gasteiger partial charge in [-0.1, -0.05) is 12.1 Å². The van der Waals surface area contributed by atoms with Crippen LogP contribution in [0.15, 0.2) is 24.3 Å². The number of carbonyl (C=O) groups is 2. The van der Waals surface area contributed by atoms with E-state index >= 15 is 0 Å². The van der Waals surface area contributed by atoms with E-state index in [4.69, 9.17) is 0 Å². The van der Waals surface area contributed by atoms with Gasteiger partial charge in [0.25, 0.3) is 0 Å². The third-order valence-electron chi connectivity index (χ3n) is 2.18. The van der Waals surface area contributed by atoms with Crippen LogP contribution < -0.4 is 4.90 Å². The van der Waals surface area contributed by atoms with Gasteiger partial charge in [-0.25, -0.2) is 4.79 Å². The lowest BCUT2D eigenvalue weighted by atomic mass is 10.1. The van der Waals surface area contributed by atoms with Gasteiger partial charge in [-0.15, -0.1) is 0 Å². The maximum atomic E-state index is 11.5. The van der Waals surface area contributed by atoms with E-state index < -0.39 is 5.97 Å². The second-order valence-electron chi connectivity index (χ2n) is 3.57. The van der Waals surface area contributed by atoms with Gasteiger partial charge in [-0.05, 0) is 19.1 Å². The first-order valence-electron chi connectivity index (χ1n) is 4.94. The summed E-state index contributed by atoms with van der Waals surface area (Å²) in [5, 5.41) is 0. The van der Waals surface area contributed by atoms with Crippen molar-refractivity contribution in [3.05, 3.63) is 29.8 Å². The van der Waals surface area contributed by atoms with E-state index in [0.29, 0.717) is 11.3 Å². The summed E-state index contributed by atoms with van der Waals surface area (Å²) < 4.78 is 4.68. The number of hydrogen-bond acceptors (Lipinski definition) is 4. The standard InChI is InChI=1S/C12H15NO3/c1-9(14)8-13(2)11-7-5-4-6-10(11)12(15)16-3/h4-7H,8H2,1-3H3. The first kappa shape index (κ1) is 12.2. The Morgan fingerprint density at radius 2 is 1.94 bits per heavy atom.